The van der Waals surface area contributed by atoms with Gasteiger partial charge < -0.3 is 5.32 Å². The van der Waals surface area contributed by atoms with Crippen LogP contribution in [-0.4, -0.2) is 45.8 Å². The van der Waals surface area contributed by atoms with E-state index in [1.165, 1.54) is 35.3 Å². The lowest BCUT2D eigenvalue weighted by Gasteiger charge is -2.42. The molecule has 0 aromatic carbocycles. The number of amides is 1. The number of carbonyl (C=O) groups is 1. The molecule has 29 heavy (non-hydrogen) atoms. The van der Waals surface area contributed by atoms with Crippen LogP contribution in [0.25, 0.3) is 10.1 Å². The maximum atomic E-state index is 12.9. The van der Waals surface area contributed by atoms with E-state index in [1.807, 2.05) is 13.8 Å². The largest absolute Gasteiger partial charge is 0.350 e. The van der Waals surface area contributed by atoms with Gasteiger partial charge in [-0.15, -0.1) is 11.3 Å². The smallest absolute Gasteiger partial charge is 0.285 e. The summed E-state index contributed by atoms with van der Waals surface area (Å²) < 4.78 is 1.76. The second-order valence-corrected chi connectivity index (χ2v) is 9.51. The van der Waals surface area contributed by atoms with Gasteiger partial charge in [-0.2, -0.15) is 10.4 Å². The minimum atomic E-state index is -0.300. The molecular formula is C21H27N5O2S. The summed E-state index contributed by atoms with van der Waals surface area (Å²) in [7, 11) is 0. The van der Waals surface area contributed by atoms with Crippen molar-refractivity contribution < 1.29 is 4.79 Å². The van der Waals surface area contributed by atoms with E-state index in [1.54, 1.807) is 6.07 Å². The predicted octanol–water partition coefficient (Wildman–Crippen LogP) is 2.59. The van der Waals surface area contributed by atoms with Crippen LogP contribution in [0.4, 0.5) is 0 Å². The first-order chi connectivity index (χ1) is 14.0. The van der Waals surface area contributed by atoms with Crippen molar-refractivity contribution >= 4 is 27.3 Å². The van der Waals surface area contributed by atoms with Crippen molar-refractivity contribution in [2.24, 2.45) is 0 Å². The zero-order chi connectivity index (χ0) is 20.5. The Labute approximate surface area is 174 Å². The summed E-state index contributed by atoms with van der Waals surface area (Å²) in [6.45, 7) is 5.92. The number of likely N-dealkylation sites (tertiary alicyclic amines) is 1. The van der Waals surface area contributed by atoms with Gasteiger partial charge in [-0.1, -0.05) is 20.3 Å². The Morgan fingerprint density at radius 2 is 2.17 bits per heavy atom. The van der Waals surface area contributed by atoms with E-state index in [9.17, 15) is 14.9 Å². The van der Waals surface area contributed by atoms with Crippen molar-refractivity contribution in [1.82, 2.24) is 20.0 Å². The summed E-state index contributed by atoms with van der Waals surface area (Å²) in [6.07, 6.45) is 5.91. The van der Waals surface area contributed by atoms with Crippen molar-refractivity contribution in [2.75, 3.05) is 13.1 Å². The number of hydrogen-bond donors (Lipinski definition) is 1. The number of hydrogen-bond acceptors (Lipinski definition) is 6. The molecule has 1 unspecified atom stereocenters. The fraction of sp³-hybridized carbons (Fsp3) is 0.619. The topological polar surface area (TPSA) is 91.0 Å². The molecule has 1 atom stereocenters. The number of aromatic nitrogens is 2. The second-order valence-electron chi connectivity index (χ2n) is 8.45. The molecule has 1 amide bonds. The summed E-state index contributed by atoms with van der Waals surface area (Å²) in [6, 6.07) is 4.65. The van der Waals surface area contributed by atoms with Crippen LogP contribution in [0.15, 0.2) is 10.9 Å². The van der Waals surface area contributed by atoms with Gasteiger partial charge in [0.25, 0.3) is 5.56 Å². The molecule has 8 heteroatoms. The molecule has 1 saturated carbocycles. The highest BCUT2D eigenvalue weighted by molar-refractivity contribution is 7.19. The van der Waals surface area contributed by atoms with Crippen molar-refractivity contribution in [1.29, 1.82) is 5.26 Å². The van der Waals surface area contributed by atoms with Crippen LogP contribution in [-0.2, 0) is 11.3 Å². The Balaban J connectivity index is 1.51. The van der Waals surface area contributed by atoms with Crippen LogP contribution in [0.2, 0.25) is 0 Å². The first kappa shape index (κ1) is 20.0. The molecule has 0 spiro atoms. The zero-order valence-electron chi connectivity index (χ0n) is 17.0. The molecule has 0 radical (unpaired) electrons. The van der Waals surface area contributed by atoms with Crippen molar-refractivity contribution in [2.45, 2.75) is 70.5 Å². The van der Waals surface area contributed by atoms with E-state index in [0.717, 1.165) is 37.0 Å². The number of thiophene rings is 1. The van der Waals surface area contributed by atoms with E-state index >= 15 is 0 Å². The Bertz CT molecular complexity index is 1010. The van der Waals surface area contributed by atoms with Crippen LogP contribution in [0, 0.1) is 11.3 Å². The van der Waals surface area contributed by atoms with Crippen LogP contribution in [0.3, 0.4) is 0 Å². The molecule has 1 saturated heterocycles. The molecule has 2 fully saturated rings. The quantitative estimate of drug-likeness (QED) is 0.814. The van der Waals surface area contributed by atoms with Crippen LogP contribution < -0.4 is 10.9 Å². The fourth-order valence-electron chi connectivity index (χ4n) is 4.29. The molecule has 2 aromatic heterocycles. The average molecular weight is 414 g/mol. The van der Waals surface area contributed by atoms with Crippen molar-refractivity contribution in [3.8, 4) is 6.07 Å². The fourth-order valence-corrected chi connectivity index (χ4v) is 5.20. The third kappa shape index (κ3) is 4.07. The van der Waals surface area contributed by atoms with Gasteiger partial charge in [-0.05, 0) is 44.2 Å². The van der Waals surface area contributed by atoms with Crippen molar-refractivity contribution in [3.05, 3.63) is 27.0 Å². The summed E-state index contributed by atoms with van der Waals surface area (Å²) in [5, 5.41) is 17.5. The molecule has 4 rings (SSSR count). The lowest BCUT2D eigenvalue weighted by atomic mass is 9.89. The number of nitriles is 1. The Hall–Kier alpha value is -2.24. The highest BCUT2D eigenvalue weighted by Crippen LogP contribution is 2.28. The first-order valence-electron chi connectivity index (χ1n) is 10.4. The number of fused-ring (bicyclic) bond motifs is 1. The average Bonchev–Trinajstić information content (AvgIpc) is 3.07. The van der Waals surface area contributed by atoms with E-state index in [4.69, 9.17) is 0 Å². The lowest BCUT2D eigenvalue weighted by Crippen LogP contribution is -2.53. The Kier molecular flexibility index (Phi) is 5.70. The minimum Gasteiger partial charge on any atom is -0.350 e. The summed E-state index contributed by atoms with van der Waals surface area (Å²) in [4.78, 5) is 28.5. The molecule has 3 heterocycles. The summed E-state index contributed by atoms with van der Waals surface area (Å²) in [5.74, 6) is -0.0888. The van der Waals surface area contributed by atoms with E-state index < -0.39 is 0 Å². The maximum absolute atomic E-state index is 12.9. The van der Waals surface area contributed by atoms with Gasteiger partial charge in [0.05, 0.1) is 5.69 Å². The number of nitrogens with one attached hydrogen (secondary N) is 1. The predicted molar refractivity (Wildman–Crippen MR) is 113 cm³/mol. The third-order valence-electron chi connectivity index (χ3n) is 6.02. The van der Waals surface area contributed by atoms with Crippen LogP contribution in [0.5, 0.6) is 0 Å². The standard InChI is InChI=1S/C21H27N5O2S/c1-13(2)19-17-9-16(10-22)29-20(17)21(28)26(24-19)12-18(27)23-14-5-4-8-25(11-14)15-6-3-7-15/h9,13-15H,3-8,11-12H2,1-2H3,(H,23,27). The zero-order valence-corrected chi connectivity index (χ0v) is 17.8. The normalized spacial score (nSPS) is 20.6. The van der Waals surface area contributed by atoms with Gasteiger partial charge in [0, 0.05) is 24.0 Å². The number of carbonyl (C=O) groups excluding carboxylic acids is 1. The number of piperidine rings is 1. The van der Waals surface area contributed by atoms with Crippen LogP contribution >= 0.6 is 11.3 Å². The number of nitrogens with zero attached hydrogens (tertiary/aromatic N) is 4. The van der Waals surface area contributed by atoms with Gasteiger partial charge in [-0.3, -0.25) is 14.5 Å². The molecule has 154 valence electrons. The molecular weight excluding hydrogens is 386 g/mol. The molecule has 2 aromatic rings. The van der Waals surface area contributed by atoms with Crippen LogP contribution in [0.1, 0.15) is 62.4 Å². The monoisotopic (exact) mass is 413 g/mol. The Morgan fingerprint density at radius 3 is 2.83 bits per heavy atom. The third-order valence-corrected chi connectivity index (χ3v) is 7.05. The van der Waals surface area contributed by atoms with Gasteiger partial charge in [-0.25, -0.2) is 4.68 Å². The van der Waals surface area contributed by atoms with E-state index in [-0.39, 0.29) is 30.0 Å². The molecule has 7 nitrogen and oxygen atoms in total. The number of rotatable bonds is 5. The van der Waals surface area contributed by atoms with Crippen molar-refractivity contribution in [3.63, 3.8) is 0 Å². The molecule has 1 N–H and O–H groups in total. The highest BCUT2D eigenvalue weighted by atomic mass is 32.1. The molecule has 1 aliphatic carbocycles. The van der Waals surface area contributed by atoms with Gasteiger partial charge in [0.2, 0.25) is 5.91 Å². The SMILES string of the molecule is CC(C)c1nn(CC(=O)NC2CCCN(C3CCC3)C2)c(=O)c2sc(C#N)cc12. The van der Waals surface area contributed by atoms with Gasteiger partial charge in [0.1, 0.15) is 22.2 Å². The molecule has 1 aliphatic heterocycles. The van der Waals surface area contributed by atoms with Gasteiger partial charge in [0.15, 0.2) is 0 Å². The van der Waals surface area contributed by atoms with E-state index in [2.05, 4.69) is 21.4 Å². The first-order valence-corrected chi connectivity index (χ1v) is 11.3. The maximum Gasteiger partial charge on any atom is 0.285 e. The Morgan fingerprint density at radius 1 is 1.38 bits per heavy atom. The summed E-state index contributed by atoms with van der Waals surface area (Å²) >= 11 is 1.17. The summed E-state index contributed by atoms with van der Waals surface area (Å²) in [5.41, 5.74) is 0.449. The second kappa shape index (κ2) is 8.25. The van der Waals surface area contributed by atoms with Gasteiger partial charge >= 0.3 is 0 Å². The molecule has 0 bridgehead atoms. The lowest BCUT2D eigenvalue weighted by molar-refractivity contribution is -0.123. The minimum absolute atomic E-state index is 0.0860. The van der Waals surface area contributed by atoms with E-state index in [0.29, 0.717) is 15.6 Å². The highest BCUT2D eigenvalue weighted by Gasteiger charge is 2.30. The molecule has 2 aliphatic rings.